The molecule has 2 aromatic rings. The lowest BCUT2D eigenvalue weighted by molar-refractivity contribution is 1.08. The molecule has 1 heterocycles. The van der Waals surface area contributed by atoms with E-state index in [1.165, 1.54) is 0 Å². The van der Waals surface area contributed by atoms with Gasteiger partial charge in [-0.05, 0) is 11.6 Å². The van der Waals surface area contributed by atoms with E-state index in [9.17, 15) is 0 Å². The molecule has 0 aliphatic heterocycles. The molecule has 0 saturated heterocycles. The van der Waals surface area contributed by atoms with Gasteiger partial charge >= 0.3 is 0 Å². The number of anilines is 2. The van der Waals surface area contributed by atoms with Crippen LogP contribution in [-0.2, 0) is 6.54 Å². The number of nitrogen functional groups attached to an aromatic ring is 1. The van der Waals surface area contributed by atoms with Gasteiger partial charge in [-0.1, -0.05) is 29.8 Å². The van der Waals surface area contributed by atoms with Crippen LogP contribution in [-0.4, -0.2) is 9.97 Å². The molecule has 0 unspecified atom stereocenters. The summed E-state index contributed by atoms with van der Waals surface area (Å²) < 4.78 is 0. The third-order valence-corrected chi connectivity index (χ3v) is 2.57. The highest BCUT2D eigenvalue weighted by Gasteiger charge is 2.00. The van der Waals surface area contributed by atoms with Gasteiger partial charge < -0.3 is 10.7 Å². The largest absolute Gasteiger partial charge is 0.365 e. The van der Waals surface area contributed by atoms with E-state index in [1.807, 2.05) is 24.3 Å². The zero-order valence-electron chi connectivity index (χ0n) is 9.02. The van der Waals surface area contributed by atoms with Gasteiger partial charge in [-0.15, -0.1) is 0 Å². The molecule has 5 nitrogen and oxygen atoms in total. The van der Waals surface area contributed by atoms with E-state index in [2.05, 4.69) is 20.7 Å². The summed E-state index contributed by atoms with van der Waals surface area (Å²) in [6.45, 7) is 0.586. The second-order valence-electron chi connectivity index (χ2n) is 3.38. The number of benzene rings is 1. The van der Waals surface area contributed by atoms with E-state index >= 15 is 0 Å². The summed E-state index contributed by atoms with van der Waals surface area (Å²) in [5.41, 5.74) is 3.44. The first-order chi connectivity index (χ1) is 8.29. The van der Waals surface area contributed by atoms with Crippen molar-refractivity contribution in [3.63, 3.8) is 0 Å². The van der Waals surface area contributed by atoms with Crippen molar-refractivity contribution in [3.05, 3.63) is 47.2 Å². The van der Waals surface area contributed by atoms with Crippen molar-refractivity contribution in [1.82, 2.24) is 9.97 Å². The molecule has 17 heavy (non-hydrogen) atoms. The minimum Gasteiger partial charge on any atom is -0.365 e. The maximum absolute atomic E-state index is 6.04. The monoisotopic (exact) mass is 249 g/mol. The van der Waals surface area contributed by atoms with Crippen molar-refractivity contribution in [1.29, 1.82) is 0 Å². The van der Waals surface area contributed by atoms with Gasteiger partial charge in [-0.25, -0.2) is 10.8 Å². The summed E-state index contributed by atoms with van der Waals surface area (Å²) in [7, 11) is 0. The summed E-state index contributed by atoms with van der Waals surface area (Å²) in [6.07, 6.45) is 3.17. The highest BCUT2D eigenvalue weighted by atomic mass is 35.5. The Hall–Kier alpha value is -1.85. The predicted octanol–water partition coefficient (Wildman–Crippen LogP) is 2.03. The van der Waals surface area contributed by atoms with Gasteiger partial charge in [0, 0.05) is 11.6 Å². The molecule has 1 aromatic carbocycles. The van der Waals surface area contributed by atoms with Crippen LogP contribution in [0.4, 0.5) is 11.6 Å². The summed E-state index contributed by atoms with van der Waals surface area (Å²) >= 11 is 6.04. The van der Waals surface area contributed by atoms with Crippen molar-refractivity contribution in [3.8, 4) is 0 Å². The number of hydrogen-bond acceptors (Lipinski definition) is 5. The van der Waals surface area contributed by atoms with Crippen LogP contribution in [0.25, 0.3) is 0 Å². The Morgan fingerprint density at radius 2 is 1.94 bits per heavy atom. The summed E-state index contributed by atoms with van der Waals surface area (Å²) in [5, 5.41) is 3.85. The molecule has 0 bridgehead atoms. The predicted molar refractivity (Wildman–Crippen MR) is 68.6 cm³/mol. The quantitative estimate of drug-likeness (QED) is 0.571. The number of hydrazine groups is 1. The third kappa shape index (κ3) is 3.05. The Morgan fingerprint density at radius 3 is 2.71 bits per heavy atom. The van der Waals surface area contributed by atoms with E-state index in [4.69, 9.17) is 17.4 Å². The second kappa shape index (κ2) is 5.47. The SMILES string of the molecule is NNc1cncc(NCc2ccccc2Cl)n1. The number of rotatable bonds is 4. The van der Waals surface area contributed by atoms with Crippen LogP contribution in [0.3, 0.4) is 0 Å². The molecular weight excluding hydrogens is 238 g/mol. The lowest BCUT2D eigenvalue weighted by Crippen LogP contribution is -2.10. The average Bonchev–Trinajstić information content (AvgIpc) is 2.38. The number of nitrogens with zero attached hydrogens (tertiary/aromatic N) is 2. The van der Waals surface area contributed by atoms with Crippen molar-refractivity contribution < 1.29 is 0 Å². The van der Waals surface area contributed by atoms with Crippen LogP contribution in [0.2, 0.25) is 5.02 Å². The highest BCUT2D eigenvalue weighted by molar-refractivity contribution is 6.31. The fraction of sp³-hybridized carbons (Fsp3) is 0.0909. The normalized spacial score (nSPS) is 10.0. The third-order valence-electron chi connectivity index (χ3n) is 2.20. The molecule has 0 fully saturated rings. The van der Waals surface area contributed by atoms with Gasteiger partial charge in [0.1, 0.15) is 5.82 Å². The summed E-state index contributed by atoms with van der Waals surface area (Å²) in [6, 6.07) is 7.63. The lowest BCUT2D eigenvalue weighted by Gasteiger charge is -2.07. The smallest absolute Gasteiger partial charge is 0.160 e. The maximum atomic E-state index is 6.04. The van der Waals surface area contributed by atoms with E-state index in [-0.39, 0.29) is 0 Å². The van der Waals surface area contributed by atoms with Gasteiger partial charge in [-0.3, -0.25) is 4.98 Å². The number of nitrogens with two attached hydrogens (primary N) is 1. The molecule has 0 radical (unpaired) electrons. The van der Waals surface area contributed by atoms with Crippen molar-refractivity contribution in [2.75, 3.05) is 10.7 Å². The summed E-state index contributed by atoms with van der Waals surface area (Å²) in [5.74, 6) is 6.40. The molecule has 4 N–H and O–H groups in total. The Morgan fingerprint density at radius 1 is 1.18 bits per heavy atom. The molecule has 0 spiro atoms. The van der Waals surface area contributed by atoms with Crippen LogP contribution < -0.4 is 16.6 Å². The molecule has 0 saturated carbocycles. The van der Waals surface area contributed by atoms with Gasteiger partial charge in [0.15, 0.2) is 5.82 Å². The first-order valence-electron chi connectivity index (χ1n) is 5.05. The Balaban J connectivity index is 2.05. The molecule has 0 aliphatic carbocycles. The molecule has 2 rings (SSSR count). The zero-order chi connectivity index (χ0) is 12.1. The second-order valence-corrected chi connectivity index (χ2v) is 3.79. The van der Waals surface area contributed by atoms with Crippen molar-refractivity contribution in [2.24, 2.45) is 5.84 Å². The Labute approximate surface area is 104 Å². The van der Waals surface area contributed by atoms with E-state index in [1.54, 1.807) is 12.4 Å². The Kier molecular flexibility index (Phi) is 3.74. The average molecular weight is 250 g/mol. The minimum absolute atomic E-state index is 0.508. The van der Waals surface area contributed by atoms with Crippen molar-refractivity contribution in [2.45, 2.75) is 6.54 Å². The van der Waals surface area contributed by atoms with Gasteiger partial charge in [-0.2, -0.15) is 0 Å². The van der Waals surface area contributed by atoms with Crippen LogP contribution in [0.5, 0.6) is 0 Å². The number of aromatic nitrogens is 2. The molecule has 6 heteroatoms. The molecule has 0 amide bonds. The zero-order valence-corrected chi connectivity index (χ0v) is 9.78. The molecule has 88 valence electrons. The number of hydrogen-bond donors (Lipinski definition) is 3. The fourth-order valence-electron chi connectivity index (χ4n) is 1.35. The minimum atomic E-state index is 0.508. The maximum Gasteiger partial charge on any atom is 0.160 e. The van der Waals surface area contributed by atoms with E-state index < -0.39 is 0 Å². The van der Waals surface area contributed by atoms with Gasteiger partial charge in [0.25, 0.3) is 0 Å². The number of nitrogens with one attached hydrogen (secondary N) is 2. The molecule has 0 aliphatic rings. The Bertz CT molecular complexity index is 503. The molecule has 0 atom stereocenters. The first-order valence-corrected chi connectivity index (χ1v) is 5.43. The van der Waals surface area contributed by atoms with Crippen LogP contribution in [0.15, 0.2) is 36.7 Å². The standard InChI is InChI=1S/C11H12ClN5/c12-9-4-2-1-3-8(9)5-15-10-6-14-7-11(16-10)17-13/h1-4,6-7H,5,13H2,(H2,15,16,17). The number of halogens is 1. The van der Waals surface area contributed by atoms with Crippen LogP contribution >= 0.6 is 11.6 Å². The molecular formula is C11H12ClN5. The fourth-order valence-corrected chi connectivity index (χ4v) is 1.55. The molecule has 1 aromatic heterocycles. The van der Waals surface area contributed by atoms with Crippen LogP contribution in [0.1, 0.15) is 5.56 Å². The lowest BCUT2D eigenvalue weighted by atomic mass is 10.2. The van der Waals surface area contributed by atoms with Gasteiger partial charge in [0.2, 0.25) is 0 Å². The van der Waals surface area contributed by atoms with E-state index in [0.717, 1.165) is 10.6 Å². The topological polar surface area (TPSA) is 75.9 Å². The van der Waals surface area contributed by atoms with E-state index in [0.29, 0.717) is 18.2 Å². The van der Waals surface area contributed by atoms with Gasteiger partial charge in [0.05, 0.1) is 12.4 Å². The highest BCUT2D eigenvalue weighted by Crippen LogP contribution is 2.16. The van der Waals surface area contributed by atoms with Crippen LogP contribution in [0, 0.1) is 0 Å². The summed E-state index contributed by atoms with van der Waals surface area (Å²) in [4.78, 5) is 8.17. The van der Waals surface area contributed by atoms with Crippen molar-refractivity contribution >= 4 is 23.2 Å². The first kappa shape index (κ1) is 11.6.